The van der Waals surface area contributed by atoms with Crippen LogP contribution in [-0.2, 0) is 19.2 Å². The SMILES string of the molecule is O=COc1ccccc1C1=C(O)C(/C=C/C=C/C(=O)O)=C(c2ccccc2C(=O)O)C(=O)C1=O. The second kappa shape index (κ2) is 10.0. The molecule has 34 heavy (non-hydrogen) atoms. The Bertz CT molecular complexity index is 1340. The summed E-state index contributed by atoms with van der Waals surface area (Å²) in [5, 5.41) is 29.4. The second-order valence-electron chi connectivity index (χ2n) is 6.79. The minimum absolute atomic E-state index is 0.0389. The number of aliphatic carboxylic acids is 1. The maximum atomic E-state index is 13.2. The van der Waals surface area contributed by atoms with Crippen molar-refractivity contribution in [3.63, 3.8) is 0 Å². The zero-order valence-electron chi connectivity index (χ0n) is 17.3. The van der Waals surface area contributed by atoms with Gasteiger partial charge in [-0.1, -0.05) is 54.6 Å². The molecule has 2 aromatic rings. The lowest BCUT2D eigenvalue weighted by atomic mass is 9.80. The van der Waals surface area contributed by atoms with E-state index in [2.05, 4.69) is 0 Å². The molecule has 1 aliphatic rings. The number of rotatable bonds is 8. The van der Waals surface area contributed by atoms with Crippen LogP contribution in [0.3, 0.4) is 0 Å². The summed E-state index contributed by atoms with van der Waals surface area (Å²) in [5.41, 5.74) is -1.49. The molecular formula is C25H16O9. The van der Waals surface area contributed by atoms with Gasteiger partial charge >= 0.3 is 11.9 Å². The fourth-order valence-electron chi connectivity index (χ4n) is 3.39. The lowest BCUT2D eigenvalue weighted by Crippen LogP contribution is -2.25. The third kappa shape index (κ3) is 4.58. The van der Waals surface area contributed by atoms with Gasteiger partial charge < -0.3 is 20.1 Å². The Morgan fingerprint density at radius 1 is 0.824 bits per heavy atom. The quantitative estimate of drug-likeness (QED) is 0.177. The van der Waals surface area contributed by atoms with E-state index in [0.717, 1.165) is 12.2 Å². The van der Waals surface area contributed by atoms with E-state index in [1.807, 2.05) is 0 Å². The maximum Gasteiger partial charge on any atom is 0.336 e. The number of carboxylic acid groups (broad SMARTS) is 2. The van der Waals surface area contributed by atoms with Gasteiger partial charge in [0.15, 0.2) is 0 Å². The molecule has 9 heteroatoms. The van der Waals surface area contributed by atoms with Gasteiger partial charge in [0.05, 0.1) is 11.1 Å². The Labute approximate surface area is 192 Å². The Kier molecular flexibility index (Phi) is 6.98. The van der Waals surface area contributed by atoms with Crippen LogP contribution >= 0.6 is 0 Å². The minimum atomic E-state index is -1.36. The van der Waals surface area contributed by atoms with Crippen molar-refractivity contribution in [3.05, 3.63) is 101 Å². The van der Waals surface area contributed by atoms with Gasteiger partial charge in [0.25, 0.3) is 6.47 Å². The van der Waals surface area contributed by atoms with E-state index >= 15 is 0 Å². The molecular weight excluding hydrogens is 444 g/mol. The summed E-state index contributed by atoms with van der Waals surface area (Å²) < 4.78 is 4.87. The van der Waals surface area contributed by atoms with E-state index in [9.17, 15) is 34.2 Å². The zero-order chi connectivity index (χ0) is 24.8. The van der Waals surface area contributed by atoms with E-state index in [-0.39, 0.29) is 40.1 Å². The number of ether oxygens (including phenoxy) is 1. The molecule has 0 aliphatic heterocycles. The Morgan fingerprint density at radius 2 is 1.44 bits per heavy atom. The number of hydrogen-bond acceptors (Lipinski definition) is 7. The molecule has 0 fully saturated rings. The van der Waals surface area contributed by atoms with Crippen molar-refractivity contribution < 1.29 is 44.0 Å². The fourth-order valence-corrected chi connectivity index (χ4v) is 3.39. The van der Waals surface area contributed by atoms with Crippen molar-refractivity contribution in [2.75, 3.05) is 0 Å². The van der Waals surface area contributed by atoms with Crippen molar-refractivity contribution in [2.24, 2.45) is 0 Å². The van der Waals surface area contributed by atoms with Crippen LogP contribution in [0.5, 0.6) is 5.75 Å². The van der Waals surface area contributed by atoms with Gasteiger partial charge in [-0.15, -0.1) is 0 Å². The van der Waals surface area contributed by atoms with Crippen LogP contribution in [-0.4, -0.2) is 45.3 Å². The van der Waals surface area contributed by atoms with Crippen LogP contribution in [0.15, 0.2) is 84.2 Å². The Balaban J connectivity index is 2.37. The molecule has 0 unspecified atom stereocenters. The molecule has 3 rings (SSSR count). The van der Waals surface area contributed by atoms with Crippen molar-refractivity contribution in [1.29, 1.82) is 0 Å². The Morgan fingerprint density at radius 3 is 2.09 bits per heavy atom. The monoisotopic (exact) mass is 460 g/mol. The smallest absolute Gasteiger partial charge is 0.336 e. The topological polar surface area (TPSA) is 155 Å². The van der Waals surface area contributed by atoms with E-state index in [0.29, 0.717) is 0 Å². The number of aliphatic hydroxyl groups is 1. The number of carbonyl (C=O) groups excluding carboxylic acids is 3. The average molecular weight is 460 g/mol. The van der Waals surface area contributed by atoms with Gasteiger partial charge in [-0.3, -0.25) is 14.4 Å². The van der Waals surface area contributed by atoms with Gasteiger partial charge in [-0.25, -0.2) is 9.59 Å². The predicted octanol–water partition coefficient (Wildman–Crippen LogP) is 2.99. The van der Waals surface area contributed by atoms with Gasteiger partial charge in [0, 0.05) is 28.3 Å². The molecule has 3 N–H and O–H groups in total. The van der Waals surface area contributed by atoms with Crippen LogP contribution in [0.2, 0.25) is 0 Å². The molecule has 170 valence electrons. The summed E-state index contributed by atoms with van der Waals surface area (Å²) in [6, 6.07) is 11.2. The first-order valence-electron chi connectivity index (χ1n) is 9.64. The average Bonchev–Trinajstić information content (AvgIpc) is 2.81. The lowest BCUT2D eigenvalue weighted by molar-refractivity contribution is -0.131. The minimum Gasteiger partial charge on any atom is -0.506 e. The molecule has 0 saturated carbocycles. The summed E-state index contributed by atoms with van der Waals surface area (Å²) in [7, 11) is 0. The van der Waals surface area contributed by atoms with Crippen molar-refractivity contribution in [2.45, 2.75) is 0 Å². The number of hydrogen-bond donors (Lipinski definition) is 3. The molecule has 0 bridgehead atoms. The highest BCUT2D eigenvalue weighted by atomic mass is 16.5. The van der Waals surface area contributed by atoms with Crippen LogP contribution < -0.4 is 4.74 Å². The second-order valence-corrected chi connectivity index (χ2v) is 6.79. The third-order valence-electron chi connectivity index (χ3n) is 4.79. The highest BCUT2D eigenvalue weighted by Gasteiger charge is 2.38. The van der Waals surface area contributed by atoms with Gasteiger partial charge in [0.2, 0.25) is 11.6 Å². The molecule has 2 aromatic carbocycles. The van der Waals surface area contributed by atoms with Crippen molar-refractivity contribution >= 4 is 41.1 Å². The number of carbonyl (C=O) groups is 5. The lowest BCUT2D eigenvalue weighted by Gasteiger charge is -2.22. The Hall–Kier alpha value is -5.05. The van der Waals surface area contributed by atoms with Crippen LogP contribution in [0.4, 0.5) is 0 Å². The van der Waals surface area contributed by atoms with Gasteiger partial charge in [0.1, 0.15) is 11.5 Å². The molecule has 0 saturated heterocycles. The molecule has 9 nitrogen and oxygen atoms in total. The molecule has 0 radical (unpaired) electrons. The molecule has 1 aliphatic carbocycles. The van der Waals surface area contributed by atoms with E-state index < -0.39 is 34.8 Å². The highest BCUT2D eigenvalue weighted by molar-refractivity contribution is 6.67. The summed E-state index contributed by atoms with van der Waals surface area (Å²) >= 11 is 0. The first-order chi connectivity index (χ1) is 16.3. The standard InChI is InChI=1S/C25H16O9/c26-13-34-18-11-5-3-9-16(18)21-22(29)17(10-4-6-12-19(27)28)20(23(30)24(21)31)14-7-1-2-8-15(14)25(32)33/h1-13,29H,(H,27,28)(H,32,33)/b10-4+,12-6+. The predicted molar refractivity (Wildman–Crippen MR) is 119 cm³/mol. The van der Waals surface area contributed by atoms with Crippen LogP contribution in [0, 0.1) is 0 Å². The number of Topliss-reactive ketones (excluding diaryl/α,β-unsaturated/α-hetero) is 2. The van der Waals surface area contributed by atoms with Crippen molar-refractivity contribution in [1.82, 2.24) is 0 Å². The van der Waals surface area contributed by atoms with Crippen LogP contribution in [0.1, 0.15) is 21.5 Å². The third-order valence-corrected chi connectivity index (χ3v) is 4.79. The van der Waals surface area contributed by atoms with E-state index in [1.165, 1.54) is 60.7 Å². The number of ketones is 2. The molecule has 0 amide bonds. The first-order valence-corrected chi connectivity index (χ1v) is 9.64. The molecule has 0 atom stereocenters. The maximum absolute atomic E-state index is 13.2. The number of carboxylic acids is 2. The number of para-hydroxylation sites is 1. The number of aliphatic hydroxyl groups excluding tert-OH is 1. The molecule has 0 spiro atoms. The zero-order valence-corrected chi connectivity index (χ0v) is 17.3. The molecule has 0 aromatic heterocycles. The summed E-state index contributed by atoms with van der Waals surface area (Å²) in [5.74, 6) is -5.63. The molecule has 0 heterocycles. The van der Waals surface area contributed by atoms with E-state index in [1.54, 1.807) is 0 Å². The van der Waals surface area contributed by atoms with Crippen LogP contribution in [0.25, 0.3) is 11.1 Å². The number of benzene rings is 2. The van der Waals surface area contributed by atoms with Gasteiger partial charge in [-0.05, 0) is 12.1 Å². The fraction of sp³-hybridized carbons (Fsp3) is 0. The highest BCUT2D eigenvalue weighted by Crippen LogP contribution is 2.39. The van der Waals surface area contributed by atoms with Crippen molar-refractivity contribution in [3.8, 4) is 5.75 Å². The van der Waals surface area contributed by atoms with E-state index in [4.69, 9.17) is 9.84 Å². The summed E-state index contributed by atoms with van der Waals surface area (Å²) in [4.78, 5) is 59.7. The number of allylic oxidation sites excluding steroid dienone is 5. The normalized spacial score (nSPS) is 14.2. The summed E-state index contributed by atoms with van der Waals surface area (Å²) in [6.45, 7) is 0.119. The largest absolute Gasteiger partial charge is 0.506 e. The number of aromatic carboxylic acids is 1. The summed E-state index contributed by atoms with van der Waals surface area (Å²) in [6.07, 6.45) is 4.30. The van der Waals surface area contributed by atoms with Gasteiger partial charge in [-0.2, -0.15) is 0 Å². The first kappa shape index (κ1) is 23.6.